The minimum atomic E-state index is -1.06. The molecule has 0 radical (unpaired) electrons. The molecule has 4 rings (SSSR count). The van der Waals surface area contributed by atoms with Crippen molar-refractivity contribution < 1.29 is 33.3 Å². The molecule has 2 aromatic rings. The molecule has 1 heterocycles. The van der Waals surface area contributed by atoms with Crippen molar-refractivity contribution in [2.24, 2.45) is 16.8 Å². The zero-order valence-corrected chi connectivity index (χ0v) is 20.9. The average Bonchev–Trinajstić information content (AvgIpc) is 2.91. The molecule has 0 saturated heterocycles. The molecule has 0 spiro atoms. The van der Waals surface area contributed by atoms with Crippen LogP contribution in [-0.2, 0) is 23.9 Å². The number of hydrogen-bond donors (Lipinski definition) is 0. The molecule has 2 aromatic carbocycles. The van der Waals surface area contributed by atoms with Crippen LogP contribution in [0.3, 0.4) is 0 Å². The van der Waals surface area contributed by atoms with Crippen molar-refractivity contribution in [3.63, 3.8) is 0 Å². The maximum absolute atomic E-state index is 14.2. The van der Waals surface area contributed by atoms with Crippen molar-refractivity contribution in [1.29, 1.82) is 0 Å². The van der Waals surface area contributed by atoms with E-state index in [4.69, 9.17) is 23.9 Å². The summed E-state index contributed by atoms with van der Waals surface area (Å²) in [5.74, 6) is -3.30. The van der Waals surface area contributed by atoms with Gasteiger partial charge in [-0.15, -0.1) is 0 Å². The fourth-order valence-electron chi connectivity index (χ4n) is 5.31. The SMILES string of the molecule is COC(=O)C1=C(C)N=C2CC(c3ccc(OC)cc3)C(C(=O)OC)C(=O)C2C1c1cccc(OC)c1. The molecular weight excluding hydrogens is 462 g/mol. The van der Waals surface area contributed by atoms with Crippen molar-refractivity contribution in [3.05, 3.63) is 70.9 Å². The molecule has 0 N–H and O–H groups in total. The number of esters is 2. The van der Waals surface area contributed by atoms with Crippen LogP contribution >= 0.6 is 0 Å². The Morgan fingerprint density at radius 3 is 2.17 bits per heavy atom. The topological polar surface area (TPSA) is 100 Å². The average molecular weight is 492 g/mol. The maximum Gasteiger partial charge on any atom is 0.336 e. The Morgan fingerprint density at radius 1 is 0.861 bits per heavy atom. The first-order valence-electron chi connectivity index (χ1n) is 11.6. The summed E-state index contributed by atoms with van der Waals surface area (Å²) in [6.45, 7) is 1.74. The van der Waals surface area contributed by atoms with E-state index in [1.807, 2.05) is 18.2 Å². The fraction of sp³-hybridized carbons (Fsp3) is 0.357. The van der Waals surface area contributed by atoms with Gasteiger partial charge in [-0.2, -0.15) is 0 Å². The van der Waals surface area contributed by atoms with Crippen LogP contribution in [0.1, 0.15) is 36.3 Å². The number of ether oxygens (including phenoxy) is 4. The summed E-state index contributed by atoms with van der Waals surface area (Å²) in [6, 6.07) is 14.5. The number of carbonyl (C=O) groups is 3. The van der Waals surface area contributed by atoms with Crippen molar-refractivity contribution >= 4 is 23.4 Å². The highest BCUT2D eigenvalue weighted by atomic mass is 16.5. The van der Waals surface area contributed by atoms with E-state index in [1.54, 1.807) is 51.5 Å². The highest BCUT2D eigenvalue weighted by Gasteiger charge is 2.52. The third kappa shape index (κ3) is 4.39. The third-order valence-corrected chi connectivity index (χ3v) is 7.01. The molecule has 1 aliphatic heterocycles. The maximum atomic E-state index is 14.2. The summed E-state index contributed by atoms with van der Waals surface area (Å²) in [5.41, 5.74) is 2.91. The summed E-state index contributed by atoms with van der Waals surface area (Å²) >= 11 is 0. The van der Waals surface area contributed by atoms with Gasteiger partial charge in [0.05, 0.1) is 39.9 Å². The second kappa shape index (κ2) is 10.4. The predicted molar refractivity (Wildman–Crippen MR) is 132 cm³/mol. The molecule has 8 heteroatoms. The van der Waals surface area contributed by atoms with Crippen molar-refractivity contribution in [3.8, 4) is 11.5 Å². The van der Waals surface area contributed by atoms with Crippen molar-refractivity contribution in [2.75, 3.05) is 28.4 Å². The van der Waals surface area contributed by atoms with Crippen LogP contribution in [0.15, 0.2) is 64.8 Å². The molecule has 188 valence electrons. The second-order valence-electron chi connectivity index (χ2n) is 8.81. The van der Waals surface area contributed by atoms with Crippen molar-refractivity contribution in [1.82, 2.24) is 0 Å². The molecular formula is C28H29NO7. The zero-order valence-electron chi connectivity index (χ0n) is 20.9. The van der Waals surface area contributed by atoms with Crippen LogP contribution in [0.2, 0.25) is 0 Å². The number of hydrogen-bond acceptors (Lipinski definition) is 8. The van der Waals surface area contributed by atoms with Crippen LogP contribution < -0.4 is 9.47 Å². The zero-order chi connectivity index (χ0) is 26.0. The Morgan fingerprint density at radius 2 is 1.56 bits per heavy atom. The Hall–Kier alpha value is -3.94. The Kier molecular flexibility index (Phi) is 7.24. The van der Waals surface area contributed by atoms with E-state index in [0.29, 0.717) is 40.5 Å². The molecule has 1 fully saturated rings. The van der Waals surface area contributed by atoms with Gasteiger partial charge in [0.15, 0.2) is 5.78 Å². The lowest BCUT2D eigenvalue weighted by Crippen LogP contribution is -2.48. The lowest BCUT2D eigenvalue weighted by Gasteiger charge is -2.41. The monoisotopic (exact) mass is 491 g/mol. The van der Waals surface area contributed by atoms with Gasteiger partial charge in [0, 0.05) is 23.2 Å². The van der Waals surface area contributed by atoms with E-state index in [2.05, 4.69) is 0 Å². The number of nitrogens with zero attached hydrogens (tertiary/aromatic N) is 1. The first-order valence-corrected chi connectivity index (χ1v) is 11.6. The minimum Gasteiger partial charge on any atom is -0.497 e. The van der Waals surface area contributed by atoms with Gasteiger partial charge < -0.3 is 18.9 Å². The molecule has 0 amide bonds. The Balaban J connectivity index is 1.88. The molecule has 8 nitrogen and oxygen atoms in total. The van der Waals surface area contributed by atoms with E-state index in [0.717, 1.165) is 5.56 Å². The number of methoxy groups -OCH3 is 4. The summed E-state index contributed by atoms with van der Waals surface area (Å²) < 4.78 is 20.8. The smallest absolute Gasteiger partial charge is 0.336 e. The quantitative estimate of drug-likeness (QED) is 0.447. The number of ketones is 1. The van der Waals surface area contributed by atoms with E-state index in [9.17, 15) is 14.4 Å². The molecule has 0 bridgehead atoms. The van der Waals surface area contributed by atoms with Crippen molar-refractivity contribution in [2.45, 2.75) is 25.2 Å². The third-order valence-electron chi connectivity index (χ3n) is 7.01. The highest BCUT2D eigenvalue weighted by Crippen LogP contribution is 2.48. The molecule has 4 unspecified atom stereocenters. The molecule has 1 aliphatic carbocycles. The number of aliphatic imine (C=N–C) groups is 1. The number of fused-ring (bicyclic) bond motifs is 1. The minimum absolute atomic E-state index is 0.291. The van der Waals surface area contributed by atoms with Gasteiger partial charge in [-0.05, 0) is 48.7 Å². The van der Waals surface area contributed by atoms with Crippen LogP contribution in [0, 0.1) is 11.8 Å². The normalized spacial score (nSPS) is 23.4. The number of rotatable bonds is 6. The first-order chi connectivity index (χ1) is 17.3. The van der Waals surface area contributed by atoms with Gasteiger partial charge in [-0.25, -0.2) is 4.79 Å². The standard InChI is InChI=1S/C28H29NO7/c1-15-22(27(31)35-4)23(17-7-6-8-19(13-17)34-3)25-21(29-15)14-20(24(26(25)30)28(32)36-5)16-9-11-18(33-2)12-10-16/h6-13,20,23-25H,14H2,1-5H3. The Bertz CT molecular complexity index is 1240. The molecule has 1 saturated carbocycles. The largest absolute Gasteiger partial charge is 0.497 e. The van der Waals surface area contributed by atoms with E-state index in [1.165, 1.54) is 14.2 Å². The predicted octanol–water partition coefficient (Wildman–Crippen LogP) is 3.85. The lowest BCUT2D eigenvalue weighted by molar-refractivity contribution is -0.151. The van der Waals surface area contributed by atoms with E-state index in [-0.39, 0.29) is 5.78 Å². The number of allylic oxidation sites excluding steroid dienone is 1. The van der Waals surface area contributed by atoms with E-state index < -0.39 is 35.6 Å². The number of carbonyl (C=O) groups excluding carboxylic acids is 3. The lowest BCUT2D eigenvalue weighted by atomic mass is 9.62. The van der Waals surface area contributed by atoms with E-state index >= 15 is 0 Å². The highest BCUT2D eigenvalue weighted by molar-refractivity contribution is 6.17. The summed E-state index contributed by atoms with van der Waals surface area (Å²) in [4.78, 5) is 44.8. The molecule has 0 aromatic heterocycles. The van der Waals surface area contributed by atoms with Crippen LogP contribution in [0.5, 0.6) is 11.5 Å². The van der Waals surface area contributed by atoms with Crippen LogP contribution in [-0.4, -0.2) is 51.9 Å². The van der Waals surface area contributed by atoms with Gasteiger partial charge in [0.2, 0.25) is 0 Å². The van der Waals surface area contributed by atoms with Crippen LogP contribution in [0.25, 0.3) is 0 Å². The van der Waals surface area contributed by atoms with Gasteiger partial charge in [-0.1, -0.05) is 24.3 Å². The number of benzene rings is 2. The van der Waals surface area contributed by atoms with Gasteiger partial charge in [0.25, 0.3) is 0 Å². The van der Waals surface area contributed by atoms with Gasteiger partial charge >= 0.3 is 11.9 Å². The Labute approximate surface area is 209 Å². The fourth-order valence-corrected chi connectivity index (χ4v) is 5.31. The molecule has 36 heavy (non-hydrogen) atoms. The van der Waals surface area contributed by atoms with Gasteiger partial charge in [0.1, 0.15) is 17.4 Å². The molecule has 2 aliphatic rings. The first kappa shape index (κ1) is 25.2. The molecule has 4 atom stereocenters. The number of Topliss-reactive ketones (excluding diaryl/α,β-unsaturated/α-hetero) is 1. The summed E-state index contributed by atoms with van der Waals surface area (Å²) in [6.07, 6.45) is 0.356. The second-order valence-corrected chi connectivity index (χ2v) is 8.81. The van der Waals surface area contributed by atoms with Crippen LogP contribution in [0.4, 0.5) is 0 Å². The summed E-state index contributed by atoms with van der Waals surface area (Å²) in [5, 5.41) is 0. The van der Waals surface area contributed by atoms with Gasteiger partial charge in [-0.3, -0.25) is 14.6 Å². The summed E-state index contributed by atoms with van der Waals surface area (Å²) in [7, 11) is 5.69.